The molecule has 0 amide bonds. The lowest BCUT2D eigenvalue weighted by molar-refractivity contribution is -0.347. The summed E-state index contributed by atoms with van der Waals surface area (Å²) in [7, 11) is 0. The molecule has 0 aromatic heterocycles. The van der Waals surface area contributed by atoms with Gasteiger partial charge in [0.25, 0.3) is 6.36 Å². The first-order valence-corrected chi connectivity index (χ1v) is 8.21. The van der Waals surface area contributed by atoms with Gasteiger partial charge in [-0.25, -0.2) is 17.6 Å². The highest BCUT2D eigenvalue weighted by molar-refractivity contribution is 4.77. The normalized spacial score (nSPS) is 17.8. The van der Waals surface area contributed by atoms with Crippen LogP contribution in [0.1, 0.15) is 46.0 Å². The molecule has 0 aliphatic rings. The molecule has 12 heteroatoms. The van der Waals surface area contributed by atoms with Gasteiger partial charge in [0.05, 0.1) is 18.3 Å². The van der Waals surface area contributed by atoms with Crippen molar-refractivity contribution in [2.75, 3.05) is 6.86 Å². The van der Waals surface area contributed by atoms with Gasteiger partial charge in [-0.05, 0) is 19.8 Å². The van der Waals surface area contributed by atoms with E-state index in [1.807, 2.05) is 0 Å². The van der Waals surface area contributed by atoms with Crippen molar-refractivity contribution in [1.82, 2.24) is 0 Å². The lowest BCUT2D eigenvalue weighted by Crippen LogP contribution is -2.43. The smallest absolute Gasteiger partial charge is 0.347 e. The van der Waals surface area contributed by atoms with Gasteiger partial charge in [-0.3, -0.25) is 4.74 Å². The highest BCUT2D eigenvalue weighted by atomic mass is 19.4. The Kier molecular flexibility index (Phi) is 11.6. The third kappa shape index (κ3) is 11.0. The monoisotopic (exact) mass is 422 g/mol. The fourth-order valence-corrected chi connectivity index (χ4v) is 2.25. The first-order valence-electron chi connectivity index (χ1n) is 8.21. The second-order valence-electron chi connectivity index (χ2n) is 5.93. The molecule has 0 aliphatic heterocycles. The Bertz CT molecular complexity index is 393. The van der Waals surface area contributed by atoms with Gasteiger partial charge in [0, 0.05) is 6.42 Å². The Morgan fingerprint density at radius 2 is 1.52 bits per heavy atom. The summed E-state index contributed by atoms with van der Waals surface area (Å²) in [4.78, 5) is 0. The lowest BCUT2D eigenvalue weighted by atomic mass is 10.0. The summed E-state index contributed by atoms with van der Waals surface area (Å²) in [6, 6.07) is 0. The van der Waals surface area contributed by atoms with E-state index < -0.39 is 63.1 Å². The van der Waals surface area contributed by atoms with E-state index in [2.05, 4.69) is 14.2 Å². The minimum absolute atomic E-state index is 0.156. The van der Waals surface area contributed by atoms with Crippen molar-refractivity contribution in [3.05, 3.63) is 0 Å². The van der Waals surface area contributed by atoms with E-state index in [4.69, 9.17) is 0 Å². The van der Waals surface area contributed by atoms with Crippen LogP contribution >= 0.6 is 0 Å². The Hall–Kier alpha value is -0.750. The topological polar surface area (TPSA) is 27.7 Å². The first-order chi connectivity index (χ1) is 12.3. The maximum absolute atomic E-state index is 13.5. The maximum Gasteiger partial charge on any atom is 0.522 e. The molecule has 0 radical (unpaired) electrons. The third-order valence-corrected chi connectivity index (χ3v) is 3.55. The van der Waals surface area contributed by atoms with E-state index in [9.17, 15) is 39.5 Å². The van der Waals surface area contributed by atoms with Gasteiger partial charge < -0.3 is 9.47 Å². The molecule has 0 heterocycles. The molecule has 0 rings (SSSR count). The van der Waals surface area contributed by atoms with Gasteiger partial charge in [-0.2, -0.15) is 8.78 Å². The standard InChI is InChI=1S/C15H23F9O3/c1-3-4-5-10(27-15(22,23)24)7-11(6-9(2)25-8-16)26-13(19)14(20,21)12(17)18/h9-13H,3-8H2,1-2H3. The highest BCUT2D eigenvalue weighted by Gasteiger charge is 2.51. The second-order valence-corrected chi connectivity index (χ2v) is 5.93. The molecular formula is C15H23F9O3. The minimum Gasteiger partial charge on any atom is -0.347 e. The van der Waals surface area contributed by atoms with E-state index in [0.717, 1.165) is 0 Å². The van der Waals surface area contributed by atoms with Crippen LogP contribution in [0.4, 0.5) is 39.5 Å². The van der Waals surface area contributed by atoms with Crippen LogP contribution in [0, 0.1) is 0 Å². The van der Waals surface area contributed by atoms with Gasteiger partial charge in [-0.15, -0.1) is 13.2 Å². The molecule has 27 heavy (non-hydrogen) atoms. The molecule has 4 unspecified atom stereocenters. The van der Waals surface area contributed by atoms with Gasteiger partial charge in [-0.1, -0.05) is 19.8 Å². The third-order valence-electron chi connectivity index (χ3n) is 3.55. The van der Waals surface area contributed by atoms with E-state index in [1.54, 1.807) is 6.92 Å². The quantitative estimate of drug-likeness (QED) is 0.333. The zero-order chi connectivity index (χ0) is 21.3. The van der Waals surface area contributed by atoms with Gasteiger partial charge >= 0.3 is 18.7 Å². The van der Waals surface area contributed by atoms with Crippen molar-refractivity contribution >= 4 is 0 Å². The fraction of sp³-hybridized carbons (Fsp3) is 1.00. The summed E-state index contributed by atoms with van der Waals surface area (Å²) < 4.78 is 126. The van der Waals surface area contributed by atoms with Crippen molar-refractivity contribution in [2.45, 2.75) is 89.3 Å². The predicted molar refractivity (Wildman–Crippen MR) is 76.9 cm³/mol. The average Bonchev–Trinajstić information content (AvgIpc) is 2.50. The van der Waals surface area contributed by atoms with Crippen LogP contribution in [-0.4, -0.2) is 50.2 Å². The summed E-state index contributed by atoms with van der Waals surface area (Å²) in [6.07, 6.45) is -18.2. The molecule has 0 aromatic rings. The number of unbranched alkanes of at least 4 members (excludes halogenated alkanes) is 1. The van der Waals surface area contributed by atoms with Crippen LogP contribution in [0.25, 0.3) is 0 Å². The van der Waals surface area contributed by atoms with Crippen molar-refractivity contribution in [1.29, 1.82) is 0 Å². The molecule has 0 aliphatic carbocycles. The summed E-state index contributed by atoms with van der Waals surface area (Å²) in [5, 5.41) is 0. The SMILES string of the molecule is CCCCC(CC(CC(C)OCF)OC(F)C(F)(F)C(F)F)OC(F)(F)F. The van der Waals surface area contributed by atoms with Gasteiger partial charge in [0.1, 0.15) is 0 Å². The number of alkyl halides is 9. The molecule has 0 N–H and O–H groups in total. The molecule has 0 fully saturated rings. The predicted octanol–water partition coefficient (Wildman–Crippen LogP) is 5.78. The largest absolute Gasteiger partial charge is 0.522 e. The second kappa shape index (κ2) is 11.9. The Labute approximate surface area is 151 Å². The van der Waals surface area contributed by atoms with E-state index in [-0.39, 0.29) is 12.8 Å². The highest BCUT2D eigenvalue weighted by Crippen LogP contribution is 2.33. The molecule has 0 saturated carbocycles. The minimum atomic E-state index is -5.16. The molecule has 0 bridgehead atoms. The van der Waals surface area contributed by atoms with Crippen molar-refractivity contribution in [2.24, 2.45) is 0 Å². The molecular weight excluding hydrogens is 399 g/mol. The Morgan fingerprint density at radius 3 is 1.96 bits per heavy atom. The summed E-state index contributed by atoms with van der Waals surface area (Å²) in [6.45, 7) is 1.62. The van der Waals surface area contributed by atoms with Crippen molar-refractivity contribution in [3.8, 4) is 0 Å². The Morgan fingerprint density at radius 1 is 0.926 bits per heavy atom. The summed E-state index contributed by atoms with van der Waals surface area (Å²) in [5.41, 5.74) is 0. The number of hydrogen-bond acceptors (Lipinski definition) is 3. The number of hydrogen-bond donors (Lipinski definition) is 0. The van der Waals surface area contributed by atoms with Crippen LogP contribution in [-0.2, 0) is 14.2 Å². The zero-order valence-electron chi connectivity index (χ0n) is 14.8. The average molecular weight is 422 g/mol. The number of halogens is 9. The van der Waals surface area contributed by atoms with Crippen LogP contribution in [0.15, 0.2) is 0 Å². The number of ether oxygens (including phenoxy) is 3. The molecule has 3 nitrogen and oxygen atoms in total. The molecule has 164 valence electrons. The van der Waals surface area contributed by atoms with Crippen LogP contribution < -0.4 is 0 Å². The molecule has 0 saturated heterocycles. The fourth-order valence-electron chi connectivity index (χ4n) is 2.25. The van der Waals surface area contributed by atoms with Crippen LogP contribution in [0.5, 0.6) is 0 Å². The van der Waals surface area contributed by atoms with Crippen molar-refractivity contribution in [3.63, 3.8) is 0 Å². The van der Waals surface area contributed by atoms with Gasteiger partial charge in [0.15, 0.2) is 6.86 Å². The number of rotatable bonds is 14. The Balaban J connectivity index is 5.23. The van der Waals surface area contributed by atoms with E-state index in [1.165, 1.54) is 6.92 Å². The molecule has 4 atom stereocenters. The molecule has 0 aromatic carbocycles. The van der Waals surface area contributed by atoms with E-state index >= 15 is 0 Å². The van der Waals surface area contributed by atoms with Crippen LogP contribution in [0.3, 0.4) is 0 Å². The van der Waals surface area contributed by atoms with E-state index in [0.29, 0.717) is 6.42 Å². The van der Waals surface area contributed by atoms with Crippen molar-refractivity contribution < 1.29 is 53.7 Å². The van der Waals surface area contributed by atoms with Crippen LogP contribution in [0.2, 0.25) is 0 Å². The summed E-state index contributed by atoms with van der Waals surface area (Å²) >= 11 is 0. The lowest BCUT2D eigenvalue weighted by Gasteiger charge is -2.29. The molecule has 0 spiro atoms. The zero-order valence-corrected chi connectivity index (χ0v) is 14.8. The first kappa shape index (κ1) is 26.2. The maximum atomic E-state index is 13.5. The summed E-state index contributed by atoms with van der Waals surface area (Å²) in [5.74, 6) is -5.16. The van der Waals surface area contributed by atoms with Gasteiger partial charge in [0.2, 0.25) is 0 Å².